The van der Waals surface area contributed by atoms with Gasteiger partial charge >= 0.3 is 6.18 Å². The summed E-state index contributed by atoms with van der Waals surface area (Å²) in [6.45, 7) is 5.15. The Labute approximate surface area is 172 Å². The number of rotatable bonds is 5. The molecule has 7 nitrogen and oxygen atoms in total. The standard InChI is InChI=1S/C18H22F3N5O2.ClH/c1-10(2)16-13(17(28)24-6-11-5-22-9-14(11)27)8-25-26(16)15-4-3-12(7-23-15)18(19,20)21;/h3-4,7-8,10-11,14,22,27H,5-6,9H2,1-2H3,(H,24,28);1H. The number of aliphatic hydroxyl groups is 1. The van der Waals surface area contributed by atoms with Crippen molar-refractivity contribution >= 4 is 18.3 Å². The highest BCUT2D eigenvalue weighted by atomic mass is 35.5. The van der Waals surface area contributed by atoms with E-state index in [4.69, 9.17) is 0 Å². The second-order valence-corrected chi connectivity index (χ2v) is 7.11. The van der Waals surface area contributed by atoms with Crippen molar-refractivity contribution in [3.8, 4) is 5.82 Å². The van der Waals surface area contributed by atoms with E-state index in [1.165, 1.54) is 16.9 Å². The quantitative estimate of drug-likeness (QED) is 0.672. The minimum Gasteiger partial charge on any atom is -0.391 e. The van der Waals surface area contributed by atoms with Gasteiger partial charge < -0.3 is 15.7 Å². The number of pyridine rings is 1. The molecule has 0 spiro atoms. The zero-order chi connectivity index (χ0) is 20.5. The summed E-state index contributed by atoms with van der Waals surface area (Å²) in [5.74, 6) is -0.337. The Morgan fingerprint density at radius 1 is 1.34 bits per heavy atom. The molecule has 2 atom stereocenters. The fourth-order valence-corrected chi connectivity index (χ4v) is 3.20. The lowest BCUT2D eigenvalue weighted by atomic mass is 10.0. The molecule has 2 unspecified atom stereocenters. The van der Waals surface area contributed by atoms with E-state index in [0.717, 1.165) is 12.3 Å². The SMILES string of the molecule is CC(C)c1c(C(=O)NCC2CNCC2O)cnn1-c1ccc(C(F)(F)F)cn1.Cl. The first-order valence-electron chi connectivity index (χ1n) is 8.97. The fraction of sp³-hybridized carbons (Fsp3) is 0.500. The minimum atomic E-state index is -4.47. The summed E-state index contributed by atoms with van der Waals surface area (Å²) >= 11 is 0. The summed E-state index contributed by atoms with van der Waals surface area (Å²) in [5.41, 5.74) is 0.0307. The van der Waals surface area contributed by atoms with Gasteiger partial charge in [0.2, 0.25) is 0 Å². The van der Waals surface area contributed by atoms with Gasteiger partial charge in [0.25, 0.3) is 5.91 Å². The maximum Gasteiger partial charge on any atom is 0.417 e. The second kappa shape index (κ2) is 9.10. The van der Waals surface area contributed by atoms with Crippen molar-refractivity contribution in [3.05, 3.63) is 41.3 Å². The molecule has 0 radical (unpaired) electrons. The lowest BCUT2D eigenvalue weighted by molar-refractivity contribution is -0.137. The van der Waals surface area contributed by atoms with Crippen LogP contribution in [0.1, 0.15) is 41.4 Å². The maximum atomic E-state index is 12.7. The van der Waals surface area contributed by atoms with Gasteiger partial charge in [-0.3, -0.25) is 4.79 Å². The highest BCUT2D eigenvalue weighted by Crippen LogP contribution is 2.29. The smallest absolute Gasteiger partial charge is 0.391 e. The Bertz CT molecular complexity index is 839. The van der Waals surface area contributed by atoms with Crippen molar-refractivity contribution in [1.82, 2.24) is 25.4 Å². The Balaban J connectivity index is 0.00000300. The van der Waals surface area contributed by atoms with E-state index in [2.05, 4.69) is 20.7 Å². The number of hydrogen-bond acceptors (Lipinski definition) is 5. The molecule has 1 fully saturated rings. The number of β-amino-alcohol motifs (C(OH)–C–C–N with tert-alkyl or cyclic N) is 1. The third kappa shape index (κ3) is 5.06. The molecule has 3 N–H and O–H groups in total. The third-order valence-corrected chi connectivity index (χ3v) is 4.72. The van der Waals surface area contributed by atoms with Gasteiger partial charge in [-0.05, 0) is 18.1 Å². The van der Waals surface area contributed by atoms with Crippen LogP contribution < -0.4 is 10.6 Å². The Morgan fingerprint density at radius 2 is 2.07 bits per heavy atom. The molecule has 2 aromatic rings. The summed E-state index contributed by atoms with van der Waals surface area (Å²) in [7, 11) is 0. The molecule has 160 valence electrons. The van der Waals surface area contributed by atoms with Gasteiger partial charge in [0, 0.05) is 31.7 Å². The predicted molar refractivity (Wildman–Crippen MR) is 102 cm³/mol. The highest BCUT2D eigenvalue weighted by molar-refractivity contribution is 5.95. The molecule has 1 saturated heterocycles. The van der Waals surface area contributed by atoms with Crippen LogP contribution in [0.4, 0.5) is 13.2 Å². The molecule has 0 aliphatic carbocycles. The molecule has 1 aliphatic heterocycles. The van der Waals surface area contributed by atoms with Crippen LogP contribution in [0.3, 0.4) is 0 Å². The van der Waals surface area contributed by atoms with Crippen LogP contribution in [0, 0.1) is 5.92 Å². The van der Waals surface area contributed by atoms with Gasteiger partial charge in [-0.1, -0.05) is 13.8 Å². The second-order valence-electron chi connectivity index (χ2n) is 7.11. The number of amides is 1. The number of aromatic nitrogens is 3. The van der Waals surface area contributed by atoms with Crippen molar-refractivity contribution in [2.75, 3.05) is 19.6 Å². The van der Waals surface area contributed by atoms with Gasteiger partial charge in [0.15, 0.2) is 5.82 Å². The molecular weight excluding hydrogens is 411 g/mol. The van der Waals surface area contributed by atoms with Crippen LogP contribution in [0.25, 0.3) is 5.82 Å². The van der Waals surface area contributed by atoms with Gasteiger partial charge in [-0.2, -0.15) is 18.3 Å². The molecule has 0 bridgehead atoms. The summed E-state index contributed by atoms with van der Waals surface area (Å²) in [6, 6.07) is 2.16. The number of nitrogens with zero attached hydrogens (tertiary/aromatic N) is 3. The van der Waals surface area contributed by atoms with Crippen molar-refractivity contribution in [2.45, 2.75) is 32.0 Å². The number of halogens is 4. The Morgan fingerprint density at radius 3 is 2.59 bits per heavy atom. The van der Waals surface area contributed by atoms with Crippen LogP contribution >= 0.6 is 12.4 Å². The predicted octanol–water partition coefficient (Wildman–Crippen LogP) is 2.14. The molecule has 2 aromatic heterocycles. The van der Waals surface area contributed by atoms with Crippen molar-refractivity contribution < 1.29 is 23.1 Å². The highest BCUT2D eigenvalue weighted by Gasteiger charge is 2.31. The van der Waals surface area contributed by atoms with Gasteiger partial charge in [-0.25, -0.2) is 9.67 Å². The molecule has 0 saturated carbocycles. The minimum absolute atomic E-state index is 0. The first-order chi connectivity index (χ1) is 13.2. The van der Waals surface area contributed by atoms with Crippen LogP contribution in [0.2, 0.25) is 0 Å². The topological polar surface area (TPSA) is 92.1 Å². The monoisotopic (exact) mass is 433 g/mol. The summed E-state index contributed by atoms with van der Waals surface area (Å²) in [5, 5.41) is 19.8. The average Bonchev–Trinajstić information content (AvgIpc) is 3.25. The normalized spacial score (nSPS) is 19.3. The summed E-state index contributed by atoms with van der Waals surface area (Å²) < 4.78 is 39.6. The van der Waals surface area contributed by atoms with Gasteiger partial charge in [0.05, 0.1) is 29.1 Å². The molecular formula is C18H23ClF3N5O2. The van der Waals surface area contributed by atoms with Gasteiger partial charge in [-0.15, -0.1) is 12.4 Å². The Hall–Kier alpha value is -2.17. The number of carbonyl (C=O) groups is 1. The molecule has 1 aliphatic rings. The van der Waals surface area contributed by atoms with Crippen LogP contribution in [0.15, 0.2) is 24.5 Å². The third-order valence-electron chi connectivity index (χ3n) is 4.72. The van der Waals surface area contributed by atoms with E-state index in [9.17, 15) is 23.1 Å². The molecule has 3 heterocycles. The molecule has 29 heavy (non-hydrogen) atoms. The molecule has 0 aromatic carbocycles. The summed E-state index contributed by atoms with van der Waals surface area (Å²) in [4.78, 5) is 16.5. The van der Waals surface area contributed by atoms with E-state index < -0.39 is 17.8 Å². The largest absolute Gasteiger partial charge is 0.417 e. The first kappa shape index (κ1) is 23.1. The zero-order valence-electron chi connectivity index (χ0n) is 15.9. The number of alkyl halides is 3. The van der Waals surface area contributed by atoms with E-state index in [1.54, 1.807) is 0 Å². The van der Waals surface area contributed by atoms with E-state index in [-0.39, 0.29) is 36.0 Å². The fourth-order valence-electron chi connectivity index (χ4n) is 3.20. The van der Waals surface area contributed by atoms with Crippen molar-refractivity contribution in [1.29, 1.82) is 0 Å². The van der Waals surface area contributed by atoms with Crippen LogP contribution in [-0.2, 0) is 6.18 Å². The molecule has 3 rings (SSSR count). The lowest BCUT2D eigenvalue weighted by Crippen LogP contribution is -2.34. The maximum absolute atomic E-state index is 12.7. The van der Waals surface area contributed by atoms with Gasteiger partial charge in [0.1, 0.15) is 0 Å². The number of aliphatic hydroxyl groups excluding tert-OH is 1. The Kier molecular flexibility index (Phi) is 7.25. The van der Waals surface area contributed by atoms with E-state index >= 15 is 0 Å². The van der Waals surface area contributed by atoms with E-state index in [1.807, 2.05) is 13.8 Å². The van der Waals surface area contributed by atoms with Crippen LogP contribution in [-0.4, -0.2) is 51.5 Å². The molecule has 1 amide bonds. The molecule has 11 heteroatoms. The number of nitrogens with one attached hydrogen (secondary N) is 2. The lowest BCUT2D eigenvalue weighted by Gasteiger charge is -2.15. The zero-order valence-corrected chi connectivity index (χ0v) is 16.7. The van der Waals surface area contributed by atoms with Crippen LogP contribution in [0.5, 0.6) is 0 Å². The van der Waals surface area contributed by atoms with Crippen molar-refractivity contribution in [2.24, 2.45) is 5.92 Å². The summed E-state index contributed by atoms with van der Waals surface area (Å²) in [6.07, 6.45) is -2.85. The number of carbonyl (C=O) groups excluding carboxylic acids is 1. The number of hydrogen-bond donors (Lipinski definition) is 3. The van der Waals surface area contributed by atoms with E-state index in [0.29, 0.717) is 30.9 Å². The van der Waals surface area contributed by atoms with Crippen molar-refractivity contribution in [3.63, 3.8) is 0 Å². The average molecular weight is 434 g/mol. The first-order valence-corrected chi connectivity index (χ1v) is 8.97.